The van der Waals surface area contributed by atoms with Crippen molar-refractivity contribution in [1.82, 2.24) is 4.90 Å². The zero-order valence-electron chi connectivity index (χ0n) is 13.2. The number of carbonyl (C=O) groups excluding carboxylic acids is 1. The average molecular weight is 326 g/mol. The third-order valence-corrected chi connectivity index (χ3v) is 4.81. The van der Waals surface area contributed by atoms with E-state index >= 15 is 0 Å². The first-order valence-corrected chi connectivity index (χ1v) is 7.98. The molecule has 1 aromatic rings. The lowest BCUT2D eigenvalue weighted by Gasteiger charge is -2.59. The number of likely N-dealkylation sites (tertiary alicyclic amines) is 1. The molecule has 0 radical (unpaired) electrons. The summed E-state index contributed by atoms with van der Waals surface area (Å²) < 4.78 is 18.7. The number of nitrogens with zero attached hydrogens (tertiary/aromatic N) is 1. The predicted octanol–water partition coefficient (Wildman–Crippen LogP) is 4.59. The van der Waals surface area contributed by atoms with Gasteiger partial charge in [0.25, 0.3) is 0 Å². The van der Waals surface area contributed by atoms with E-state index in [1.165, 1.54) is 12.1 Å². The van der Waals surface area contributed by atoms with Gasteiger partial charge in [-0.1, -0.05) is 11.6 Å². The smallest absolute Gasteiger partial charge is 0.410 e. The molecule has 1 amide bonds. The number of hydrogen-bond acceptors (Lipinski definition) is 2. The molecule has 3 nitrogen and oxygen atoms in total. The van der Waals surface area contributed by atoms with E-state index in [9.17, 15) is 9.18 Å². The summed E-state index contributed by atoms with van der Waals surface area (Å²) in [7, 11) is 0. The number of amides is 1. The van der Waals surface area contributed by atoms with Gasteiger partial charge in [-0.05, 0) is 63.3 Å². The van der Waals surface area contributed by atoms with Gasteiger partial charge in [0.2, 0.25) is 0 Å². The van der Waals surface area contributed by atoms with Gasteiger partial charge in [0.15, 0.2) is 0 Å². The van der Waals surface area contributed by atoms with Crippen LogP contribution in [-0.2, 0) is 4.74 Å². The van der Waals surface area contributed by atoms with Crippen molar-refractivity contribution in [2.75, 3.05) is 13.1 Å². The molecule has 22 heavy (non-hydrogen) atoms. The molecule has 1 aliphatic heterocycles. The van der Waals surface area contributed by atoms with E-state index in [0.29, 0.717) is 10.9 Å². The summed E-state index contributed by atoms with van der Waals surface area (Å²) >= 11 is 6.16. The van der Waals surface area contributed by atoms with Crippen LogP contribution in [0.5, 0.6) is 0 Å². The maximum atomic E-state index is 13.4. The molecule has 0 atom stereocenters. The Balaban J connectivity index is 1.55. The largest absolute Gasteiger partial charge is 0.444 e. The maximum Gasteiger partial charge on any atom is 0.410 e. The third kappa shape index (κ3) is 2.94. The minimum Gasteiger partial charge on any atom is -0.444 e. The van der Waals surface area contributed by atoms with E-state index in [0.717, 1.165) is 31.5 Å². The molecular formula is C17H21ClFNO2. The van der Waals surface area contributed by atoms with Crippen LogP contribution in [0.1, 0.15) is 45.1 Å². The zero-order valence-corrected chi connectivity index (χ0v) is 13.9. The molecule has 0 aromatic heterocycles. The molecular weight excluding hydrogens is 305 g/mol. The van der Waals surface area contributed by atoms with E-state index in [2.05, 4.69) is 0 Å². The quantitative estimate of drug-likeness (QED) is 0.755. The van der Waals surface area contributed by atoms with Gasteiger partial charge in [-0.2, -0.15) is 0 Å². The first-order chi connectivity index (χ1) is 10.2. The second kappa shape index (κ2) is 5.12. The van der Waals surface area contributed by atoms with Crippen LogP contribution in [0, 0.1) is 11.2 Å². The van der Waals surface area contributed by atoms with E-state index in [4.69, 9.17) is 16.3 Å². The number of carbonyl (C=O) groups is 1. The summed E-state index contributed by atoms with van der Waals surface area (Å²) in [5.74, 6) is 0.0494. The molecule has 2 aliphatic rings. The van der Waals surface area contributed by atoms with Crippen molar-refractivity contribution in [2.24, 2.45) is 5.41 Å². The summed E-state index contributed by atoms with van der Waals surface area (Å²) in [6.45, 7) is 7.06. The molecule has 1 aliphatic carbocycles. The van der Waals surface area contributed by atoms with Crippen LogP contribution in [0.15, 0.2) is 18.2 Å². The number of ether oxygens (including phenoxy) is 1. The minimum atomic E-state index is -0.461. The highest BCUT2D eigenvalue weighted by molar-refractivity contribution is 6.31. The highest BCUT2D eigenvalue weighted by atomic mass is 35.5. The second-order valence-electron chi connectivity index (χ2n) is 7.61. The van der Waals surface area contributed by atoms with Gasteiger partial charge in [-0.15, -0.1) is 0 Å². The Kier molecular flexibility index (Phi) is 3.63. The van der Waals surface area contributed by atoms with Crippen LogP contribution in [0.4, 0.5) is 9.18 Å². The molecule has 5 heteroatoms. The molecule has 0 unspecified atom stereocenters. The predicted molar refractivity (Wildman–Crippen MR) is 83.6 cm³/mol. The topological polar surface area (TPSA) is 29.5 Å². The fourth-order valence-electron chi connectivity index (χ4n) is 3.51. The normalized spacial score (nSPS) is 20.5. The van der Waals surface area contributed by atoms with E-state index < -0.39 is 5.60 Å². The molecule has 1 saturated heterocycles. The van der Waals surface area contributed by atoms with Gasteiger partial charge in [-0.25, -0.2) is 9.18 Å². The lowest BCUT2D eigenvalue weighted by molar-refractivity contribution is -0.0786. The van der Waals surface area contributed by atoms with Crippen molar-refractivity contribution < 1.29 is 13.9 Å². The van der Waals surface area contributed by atoms with Gasteiger partial charge in [0.05, 0.1) is 0 Å². The standard InChI is InChI=1S/C17H21ClFNO2/c1-16(2,3)22-15(21)20-9-17(10-20)7-11(8-17)13-6-12(19)4-5-14(13)18/h4-6,11H,7-10H2,1-3H3. The van der Waals surface area contributed by atoms with Crippen molar-refractivity contribution in [2.45, 2.75) is 45.1 Å². The molecule has 1 aromatic carbocycles. The summed E-state index contributed by atoms with van der Waals surface area (Å²) in [6.07, 6.45) is 1.66. The van der Waals surface area contributed by atoms with Crippen LogP contribution in [0.2, 0.25) is 5.02 Å². The van der Waals surface area contributed by atoms with E-state index in [1.807, 2.05) is 20.8 Å². The molecule has 1 spiro atoms. The Bertz CT molecular complexity index is 597. The van der Waals surface area contributed by atoms with Crippen LogP contribution in [0.3, 0.4) is 0 Å². The molecule has 120 valence electrons. The van der Waals surface area contributed by atoms with E-state index in [-0.39, 0.29) is 17.3 Å². The molecule has 1 heterocycles. The Hall–Kier alpha value is -1.29. The second-order valence-corrected chi connectivity index (χ2v) is 8.01. The van der Waals surface area contributed by atoms with Gasteiger partial charge in [0, 0.05) is 23.5 Å². The summed E-state index contributed by atoms with van der Waals surface area (Å²) in [5, 5.41) is 0.629. The van der Waals surface area contributed by atoms with E-state index in [1.54, 1.807) is 11.0 Å². The van der Waals surface area contributed by atoms with Crippen molar-refractivity contribution in [3.05, 3.63) is 34.6 Å². The number of rotatable bonds is 1. The number of benzene rings is 1. The molecule has 0 N–H and O–H groups in total. The third-order valence-electron chi connectivity index (χ3n) is 4.46. The van der Waals surface area contributed by atoms with Crippen LogP contribution >= 0.6 is 11.6 Å². The lowest BCUT2D eigenvalue weighted by atomic mass is 9.56. The van der Waals surface area contributed by atoms with Crippen molar-refractivity contribution >= 4 is 17.7 Å². The first-order valence-electron chi connectivity index (χ1n) is 7.60. The number of halogens is 2. The van der Waals surface area contributed by atoms with Gasteiger partial charge < -0.3 is 9.64 Å². The molecule has 3 rings (SSSR count). The van der Waals surface area contributed by atoms with Crippen LogP contribution < -0.4 is 0 Å². The Morgan fingerprint density at radius 2 is 2.00 bits per heavy atom. The highest BCUT2D eigenvalue weighted by Gasteiger charge is 2.54. The van der Waals surface area contributed by atoms with Crippen molar-refractivity contribution in [1.29, 1.82) is 0 Å². The number of hydrogen-bond donors (Lipinski definition) is 0. The van der Waals surface area contributed by atoms with Crippen LogP contribution in [-0.4, -0.2) is 29.7 Å². The van der Waals surface area contributed by atoms with Crippen LogP contribution in [0.25, 0.3) is 0 Å². The average Bonchev–Trinajstić information content (AvgIpc) is 2.27. The summed E-state index contributed by atoms with van der Waals surface area (Å²) in [5.41, 5.74) is 0.608. The Morgan fingerprint density at radius 1 is 1.36 bits per heavy atom. The van der Waals surface area contributed by atoms with Crippen molar-refractivity contribution in [3.63, 3.8) is 0 Å². The van der Waals surface area contributed by atoms with Gasteiger partial charge >= 0.3 is 6.09 Å². The Morgan fingerprint density at radius 3 is 2.59 bits per heavy atom. The van der Waals surface area contributed by atoms with Crippen molar-refractivity contribution in [3.8, 4) is 0 Å². The Labute approximate surface area is 135 Å². The molecule has 2 fully saturated rings. The lowest BCUT2D eigenvalue weighted by Crippen LogP contribution is -2.63. The summed E-state index contributed by atoms with van der Waals surface area (Å²) in [4.78, 5) is 13.7. The summed E-state index contributed by atoms with van der Waals surface area (Å²) in [6, 6.07) is 4.53. The van der Waals surface area contributed by atoms with Gasteiger partial charge in [-0.3, -0.25) is 0 Å². The minimum absolute atomic E-state index is 0.178. The maximum absolute atomic E-state index is 13.4. The SMILES string of the molecule is CC(C)(C)OC(=O)N1CC2(CC(c3cc(F)ccc3Cl)C2)C1. The molecule has 0 bridgehead atoms. The monoisotopic (exact) mass is 325 g/mol. The first kappa shape index (κ1) is 15.6. The fraction of sp³-hybridized carbons (Fsp3) is 0.588. The fourth-order valence-corrected chi connectivity index (χ4v) is 3.78. The zero-order chi connectivity index (χ0) is 16.1. The van der Waals surface area contributed by atoms with Gasteiger partial charge in [0.1, 0.15) is 11.4 Å². The highest BCUT2D eigenvalue weighted by Crippen LogP contribution is 2.57. The molecule has 1 saturated carbocycles.